The minimum atomic E-state index is -1.07. The van der Waals surface area contributed by atoms with Gasteiger partial charge in [-0.25, -0.2) is 10.2 Å². The van der Waals surface area contributed by atoms with Crippen LogP contribution in [-0.4, -0.2) is 29.1 Å². The van der Waals surface area contributed by atoms with Gasteiger partial charge in [-0.2, -0.15) is 5.10 Å². The van der Waals surface area contributed by atoms with E-state index < -0.39 is 22.9 Å². The number of ether oxygens (including phenoxy) is 2. The topological polar surface area (TPSA) is 120 Å². The summed E-state index contributed by atoms with van der Waals surface area (Å²) in [5.74, 6) is -1.15. The van der Waals surface area contributed by atoms with E-state index in [2.05, 4.69) is 26.5 Å². The Labute approximate surface area is 207 Å². The molecule has 0 radical (unpaired) electrons. The highest BCUT2D eigenvalue weighted by atomic mass is 79.9. The SMILES string of the molecule is C[C@@H](Oc1ccccc1[N+](=O)[O-])C(=O)N/N=C\c1cc(Br)ccc1OC(=O)c1ccccc1Cl. The second kappa shape index (κ2) is 11.4. The van der Waals surface area contributed by atoms with Gasteiger partial charge in [0.1, 0.15) is 5.75 Å². The molecule has 174 valence electrons. The van der Waals surface area contributed by atoms with Crippen LogP contribution in [0.4, 0.5) is 5.69 Å². The Bertz CT molecular complexity index is 1270. The number of nitro benzene ring substituents is 1. The number of hydrazone groups is 1. The Morgan fingerprint density at radius 2 is 1.82 bits per heavy atom. The molecule has 11 heteroatoms. The summed E-state index contributed by atoms with van der Waals surface area (Å²) < 4.78 is 11.5. The summed E-state index contributed by atoms with van der Waals surface area (Å²) in [5, 5.41) is 15.2. The van der Waals surface area contributed by atoms with Gasteiger partial charge in [-0.3, -0.25) is 14.9 Å². The zero-order chi connectivity index (χ0) is 24.7. The van der Waals surface area contributed by atoms with Crippen LogP contribution >= 0.6 is 27.5 Å². The number of nitrogens with one attached hydrogen (secondary N) is 1. The molecule has 0 unspecified atom stereocenters. The highest BCUT2D eigenvalue weighted by molar-refractivity contribution is 9.10. The molecule has 0 aliphatic carbocycles. The molecule has 3 rings (SSSR count). The molecule has 0 aromatic heterocycles. The summed E-state index contributed by atoms with van der Waals surface area (Å²) in [6.45, 7) is 1.43. The maximum atomic E-state index is 12.5. The number of carbonyl (C=O) groups excluding carboxylic acids is 2. The van der Waals surface area contributed by atoms with Gasteiger partial charge in [0.2, 0.25) is 0 Å². The lowest BCUT2D eigenvalue weighted by molar-refractivity contribution is -0.386. The highest BCUT2D eigenvalue weighted by Gasteiger charge is 2.20. The summed E-state index contributed by atoms with van der Waals surface area (Å²) in [4.78, 5) is 35.3. The quantitative estimate of drug-likeness (QED) is 0.137. The van der Waals surface area contributed by atoms with E-state index in [0.717, 1.165) is 0 Å². The molecule has 0 aliphatic heterocycles. The number of nitro groups is 1. The molecule has 0 saturated carbocycles. The molecule has 1 N–H and O–H groups in total. The zero-order valence-corrected chi connectivity index (χ0v) is 19.9. The fourth-order valence-electron chi connectivity index (χ4n) is 2.70. The second-order valence-corrected chi connectivity index (χ2v) is 8.09. The molecule has 34 heavy (non-hydrogen) atoms. The molecule has 9 nitrogen and oxygen atoms in total. The summed E-state index contributed by atoms with van der Waals surface area (Å²) in [5.41, 5.74) is 2.63. The van der Waals surface area contributed by atoms with Gasteiger partial charge in [-0.05, 0) is 43.3 Å². The van der Waals surface area contributed by atoms with Crippen LogP contribution in [0.25, 0.3) is 0 Å². The van der Waals surface area contributed by atoms with Crippen molar-refractivity contribution in [2.24, 2.45) is 5.10 Å². The van der Waals surface area contributed by atoms with Crippen LogP contribution in [0.1, 0.15) is 22.8 Å². The molecule has 3 aromatic rings. The third kappa shape index (κ3) is 6.40. The number of carbonyl (C=O) groups is 2. The van der Waals surface area contributed by atoms with Gasteiger partial charge in [-0.1, -0.05) is 51.8 Å². The standard InChI is InChI=1S/C23H17BrClN3O6/c1-14(33-21-9-5-4-8-19(21)28(31)32)22(29)27-26-13-15-12-16(24)10-11-20(15)34-23(30)17-6-2-3-7-18(17)25/h2-14H,1H3,(H,27,29)/b26-13-/t14-/m1/s1. The van der Waals surface area contributed by atoms with E-state index in [0.29, 0.717) is 10.0 Å². The largest absolute Gasteiger partial charge is 0.474 e. The van der Waals surface area contributed by atoms with Crippen molar-refractivity contribution in [3.05, 3.63) is 97.5 Å². The third-order valence-electron chi connectivity index (χ3n) is 4.38. The number of rotatable bonds is 8. The summed E-state index contributed by atoms with van der Waals surface area (Å²) in [6.07, 6.45) is 0.216. The fraction of sp³-hybridized carbons (Fsp3) is 0.0870. The zero-order valence-electron chi connectivity index (χ0n) is 17.6. The maximum absolute atomic E-state index is 12.5. The van der Waals surface area contributed by atoms with E-state index in [4.69, 9.17) is 21.1 Å². The van der Waals surface area contributed by atoms with Crippen LogP contribution in [0, 0.1) is 10.1 Å². The molecule has 1 amide bonds. The molecule has 0 aliphatic rings. The van der Waals surface area contributed by atoms with Crippen molar-refractivity contribution in [3.63, 3.8) is 0 Å². The van der Waals surface area contributed by atoms with Crippen LogP contribution in [0.2, 0.25) is 5.02 Å². The number of hydrogen-bond acceptors (Lipinski definition) is 7. The minimum absolute atomic E-state index is 0.0418. The predicted molar refractivity (Wildman–Crippen MR) is 129 cm³/mol. The Balaban J connectivity index is 1.69. The molecule has 0 bridgehead atoms. The molecular formula is C23H17BrClN3O6. The Morgan fingerprint density at radius 3 is 2.56 bits per heavy atom. The van der Waals surface area contributed by atoms with Crippen molar-refractivity contribution < 1.29 is 24.0 Å². The number of amides is 1. The molecule has 1 atom stereocenters. The fourth-order valence-corrected chi connectivity index (χ4v) is 3.29. The van der Waals surface area contributed by atoms with Crippen molar-refractivity contribution in [3.8, 4) is 11.5 Å². The van der Waals surface area contributed by atoms with Gasteiger partial charge in [0.25, 0.3) is 5.91 Å². The van der Waals surface area contributed by atoms with Gasteiger partial charge in [0.15, 0.2) is 11.9 Å². The Hall–Kier alpha value is -3.76. The summed E-state index contributed by atoms with van der Waals surface area (Å²) >= 11 is 9.39. The lowest BCUT2D eigenvalue weighted by atomic mass is 10.2. The van der Waals surface area contributed by atoms with Crippen LogP contribution < -0.4 is 14.9 Å². The highest BCUT2D eigenvalue weighted by Crippen LogP contribution is 2.27. The van der Waals surface area contributed by atoms with Gasteiger partial charge < -0.3 is 9.47 Å². The molecule has 0 heterocycles. The number of hydrogen-bond donors (Lipinski definition) is 1. The van der Waals surface area contributed by atoms with Crippen LogP contribution in [0.5, 0.6) is 11.5 Å². The number of para-hydroxylation sites is 2. The number of halogens is 2. The third-order valence-corrected chi connectivity index (χ3v) is 5.20. The lowest BCUT2D eigenvalue weighted by Gasteiger charge is -2.13. The van der Waals surface area contributed by atoms with Gasteiger partial charge in [0, 0.05) is 16.1 Å². The molecule has 0 saturated heterocycles. The second-order valence-electron chi connectivity index (χ2n) is 6.77. The Morgan fingerprint density at radius 1 is 1.12 bits per heavy atom. The van der Waals surface area contributed by atoms with Crippen molar-refractivity contribution in [1.82, 2.24) is 5.43 Å². The number of benzene rings is 3. The van der Waals surface area contributed by atoms with E-state index in [-0.39, 0.29) is 27.8 Å². The van der Waals surface area contributed by atoms with Crippen molar-refractivity contribution >= 4 is 51.3 Å². The normalized spacial score (nSPS) is 11.6. The minimum Gasteiger partial charge on any atom is -0.474 e. The van der Waals surface area contributed by atoms with E-state index in [1.165, 1.54) is 37.4 Å². The van der Waals surface area contributed by atoms with E-state index in [9.17, 15) is 19.7 Å². The first-order chi connectivity index (χ1) is 16.3. The lowest BCUT2D eigenvalue weighted by Crippen LogP contribution is -2.33. The van der Waals surface area contributed by atoms with Crippen molar-refractivity contribution in [1.29, 1.82) is 0 Å². The number of nitrogens with zero attached hydrogens (tertiary/aromatic N) is 2. The summed E-state index contributed by atoms with van der Waals surface area (Å²) in [6, 6.07) is 17.1. The first kappa shape index (κ1) is 24.9. The van der Waals surface area contributed by atoms with E-state index in [1.54, 1.807) is 42.5 Å². The van der Waals surface area contributed by atoms with Crippen LogP contribution in [0.3, 0.4) is 0 Å². The summed E-state index contributed by atoms with van der Waals surface area (Å²) in [7, 11) is 0. The van der Waals surface area contributed by atoms with Crippen molar-refractivity contribution in [2.45, 2.75) is 13.0 Å². The maximum Gasteiger partial charge on any atom is 0.345 e. The smallest absolute Gasteiger partial charge is 0.345 e. The van der Waals surface area contributed by atoms with E-state index in [1.807, 2.05) is 0 Å². The first-order valence-electron chi connectivity index (χ1n) is 9.75. The average molecular weight is 547 g/mol. The molecule has 0 spiro atoms. The average Bonchev–Trinajstić information content (AvgIpc) is 2.81. The Kier molecular flexibility index (Phi) is 8.34. The van der Waals surface area contributed by atoms with Crippen LogP contribution in [0.15, 0.2) is 76.3 Å². The van der Waals surface area contributed by atoms with Gasteiger partial charge in [0.05, 0.1) is 21.7 Å². The van der Waals surface area contributed by atoms with E-state index >= 15 is 0 Å². The van der Waals surface area contributed by atoms with Crippen molar-refractivity contribution in [2.75, 3.05) is 0 Å². The molecule has 3 aromatic carbocycles. The monoisotopic (exact) mass is 545 g/mol. The molecular weight excluding hydrogens is 530 g/mol. The molecule has 0 fully saturated rings. The van der Waals surface area contributed by atoms with Gasteiger partial charge >= 0.3 is 11.7 Å². The first-order valence-corrected chi connectivity index (χ1v) is 10.9. The number of esters is 1. The van der Waals surface area contributed by atoms with Crippen LogP contribution in [-0.2, 0) is 4.79 Å². The predicted octanol–water partition coefficient (Wildman–Crippen LogP) is 5.15. The van der Waals surface area contributed by atoms with Gasteiger partial charge in [-0.15, -0.1) is 0 Å².